The minimum atomic E-state index is -6.48. The number of phosphoric acid groups is 1. The minimum absolute atomic E-state index is 0.364. The van der Waals surface area contributed by atoms with Crippen LogP contribution in [-0.2, 0) is 27.6 Å². The molecule has 2 atom stereocenters. The normalized spacial score (nSPS) is 26.8. The van der Waals surface area contributed by atoms with Crippen LogP contribution in [0.5, 0.6) is 0 Å². The first-order chi connectivity index (χ1) is 10.5. The molecule has 0 radical (unpaired) electrons. The molecule has 16 heteroatoms. The molecule has 0 N–H and O–H groups in total. The number of hydrogen-bond donors (Lipinski definition) is 0. The third-order valence-corrected chi connectivity index (χ3v) is 3.56. The smallest absolute Gasteiger partial charge is 0.284 e. The van der Waals surface area contributed by atoms with E-state index in [0.29, 0.717) is 0 Å². The van der Waals surface area contributed by atoms with Crippen LogP contribution in [0.25, 0.3) is 0 Å². The van der Waals surface area contributed by atoms with Crippen LogP contribution in [0.2, 0.25) is 0 Å². The van der Waals surface area contributed by atoms with Gasteiger partial charge >= 0.3 is 32.5 Å². The zero-order chi connectivity index (χ0) is 19.0. The number of phosphoric ester groups is 1. The van der Waals surface area contributed by atoms with Gasteiger partial charge in [0.15, 0.2) is 0 Å². The van der Waals surface area contributed by atoms with Crippen LogP contribution < -0.4 is 0 Å². The average Bonchev–Trinajstić information content (AvgIpc) is 2.63. The standard InChI is InChI=1S/C8H8F9O6P/c1-4-2-19-24(18,21-4)20-3-5(9,10)22-6(11,12)7(13,14)23-8(15,16)17/h4H,2-3H2,1H3. The van der Waals surface area contributed by atoms with E-state index in [9.17, 15) is 44.1 Å². The summed E-state index contributed by atoms with van der Waals surface area (Å²) in [6.07, 6.45) is -25.3. The van der Waals surface area contributed by atoms with Crippen molar-refractivity contribution in [1.29, 1.82) is 0 Å². The largest absolute Gasteiger partial charge is 0.527 e. The summed E-state index contributed by atoms with van der Waals surface area (Å²) >= 11 is 0. The lowest BCUT2D eigenvalue weighted by atomic mass is 10.5. The number of ether oxygens (including phenoxy) is 2. The topological polar surface area (TPSA) is 63.2 Å². The summed E-state index contributed by atoms with van der Waals surface area (Å²) in [5.74, 6) is 0. The number of hydrogen-bond acceptors (Lipinski definition) is 6. The molecular formula is C8H8F9O6P. The summed E-state index contributed by atoms with van der Waals surface area (Å²) in [6.45, 7) is -1.42. The van der Waals surface area contributed by atoms with Crippen LogP contribution >= 0.6 is 7.82 Å². The molecule has 2 unspecified atom stereocenters. The van der Waals surface area contributed by atoms with Gasteiger partial charge in [0.2, 0.25) is 0 Å². The van der Waals surface area contributed by atoms with E-state index in [1.807, 2.05) is 0 Å². The van der Waals surface area contributed by atoms with Crippen molar-refractivity contribution in [3.8, 4) is 0 Å². The van der Waals surface area contributed by atoms with Crippen LogP contribution in [0.15, 0.2) is 0 Å². The summed E-state index contributed by atoms with van der Waals surface area (Å²) in [7, 11) is -4.57. The molecule has 144 valence electrons. The number of rotatable bonds is 7. The molecule has 0 bridgehead atoms. The van der Waals surface area contributed by atoms with Gasteiger partial charge in [-0.1, -0.05) is 0 Å². The second-order valence-electron chi connectivity index (χ2n) is 4.25. The Hall–Kier alpha value is -0.600. The molecule has 0 amide bonds. The van der Waals surface area contributed by atoms with E-state index in [0.717, 1.165) is 0 Å². The van der Waals surface area contributed by atoms with Gasteiger partial charge in [-0.15, -0.1) is 13.2 Å². The molecule has 0 aromatic heterocycles. The van der Waals surface area contributed by atoms with E-state index >= 15 is 0 Å². The Labute approximate surface area is 127 Å². The predicted octanol–water partition coefficient (Wildman–Crippen LogP) is 3.88. The maximum Gasteiger partial charge on any atom is 0.527 e. The third-order valence-electron chi connectivity index (χ3n) is 2.03. The molecule has 1 saturated heterocycles. The molecule has 6 nitrogen and oxygen atoms in total. The molecule has 0 saturated carbocycles. The minimum Gasteiger partial charge on any atom is -0.284 e. The first kappa shape index (κ1) is 21.4. The van der Waals surface area contributed by atoms with Gasteiger partial charge in [0, 0.05) is 0 Å². The van der Waals surface area contributed by atoms with Crippen LogP contribution in [0.4, 0.5) is 39.5 Å². The lowest BCUT2D eigenvalue weighted by molar-refractivity contribution is -0.529. The summed E-state index contributed by atoms with van der Waals surface area (Å²) < 4.78 is 140. The maximum absolute atomic E-state index is 13.1. The zero-order valence-corrected chi connectivity index (χ0v) is 12.2. The molecule has 24 heavy (non-hydrogen) atoms. The SMILES string of the molecule is CC1COP(=O)(OCC(F)(F)OC(F)(F)C(F)(F)OC(F)(F)F)O1. The summed E-state index contributed by atoms with van der Waals surface area (Å²) in [4.78, 5) is 0. The quantitative estimate of drug-likeness (QED) is 0.476. The van der Waals surface area contributed by atoms with Crippen LogP contribution in [0.3, 0.4) is 0 Å². The van der Waals surface area contributed by atoms with Gasteiger partial charge in [-0.3, -0.25) is 13.6 Å². The lowest BCUT2D eigenvalue weighted by Crippen LogP contribution is -2.51. The van der Waals surface area contributed by atoms with Crippen molar-refractivity contribution in [2.75, 3.05) is 13.2 Å². The Bertz CT molecular complexity index is 495. The van der Waals surface area contributed by atoms with Crippen molar-refractivity contribution in [2.45, 2.75) is 37.7 Å². The third kappa shape index (κ3) is 6.04. The highest BCUT2D eigenvalue weighted by atomic mass is 31.2. The molecule has 0 aromatic carbocycles. The van der Waals surface area contributed by atoms with E-state index in [2.05, 4.69) is 18.3 Å². The lowest BCUT2D eigenvalue weighted by Gasteiger charge is -2.29. The van der Waals surface area contributed by atoms with E-state index in [1.165, 1.54) is 6.92 Å². The fraction of sp³-hybridized carbons (Fsp3) is 1.00. The molecule has 0 aromatic rings. The second-order valence-corrected chi connectivity index (χ2v) is 5.87. The molecule has 1 rings (SSSR count). The second kappa shape index (κ2) is 6.61. The average molecular weight is 402 g/mol. The van der Waals surface area contributed by atoms with Gasteiger partial charge in [-0.2, -0.15) is 26.3 Å². The Morgan fingerprint density at radius 1 is 1.00 bits per heavy atom. The fourth-order valence-corrected chi connectivity index (χ4v) is 2.58. The summed E-state index contributed by atoms with van der Waals surface area (Å²) in [5, 5.41) is 0. The molecule has 0 aliphatic carbocycles. The Balaban J connectivity index is 2.72. The molecule has 1 aliphatic rings. The van der Waals surface area contributed by atoms with Crippen molar-refractivity contribution in [1.82, 2.24) is 0 Å². The van der Waals surface area contributed by atoms with Gasteiger partial charge in [0.1, 0.15) is 6.61 Å². The Morgan fingerprint density at radius 2 is 1.50 bits per heavy atom. The van der Waals surface area contributed by atoms with Crippen molar-refractivity contribution in [3.05, 3.63) is 0 Å². The molecule has 0 spiro atoms. The predicted molar refractivity (Wildman–Crippen MR) is 53.1 cm³/mol. The van der Waals surface area contributed by atoms with E-state index in [4.69, 9.17) is 0 Å². The molecule has 1 fully saturated rings. The Kier molecular flexibility index (Phi) is 5.90. The van der Waals surface area contributed by atoms with Crippen LogP contribution in [0, 0.1) is 0 Å². The molecule has 1 aliphatic heterocycles. The highest BCUT2D eigenvalue weighted by Gasteiger charge is 2.68. The summed E-state index contributed by atoms with van der Waals surface area (Å²) in [6, 6.07) is 0. The highest BCUT2D eigenvalue weighted by Crippen LogP contribution is 2.55. The van der Waals surface area contributed by atoms with Gasteiger partial charge in [-0.05, 0) is 6.92 Å². The molecular weight excluding hydrogens is 394 g/mol. The zero-order valence-electron chi connectivity index (χ0n) is 11.3. The van der Waals surface area contributed by atoms with E-state index in [1.54, 1.807) is 4.74 Å². The number of alkyl halides is 9. The Morgan fingerprint density at radius 3 is 1.92 bits per heavy atom. The van der Waals surface area contributed by atoms with Gasteiger partial charge in [-0.25, -0.2) is 14.0 Å². The van der Waals surface area contributed by atoms with E-state index in [-0.39, 0.29) is 6.61 Å². The summed E-state index contributed by atoms with van der Waals surface area (Å²) in [5.41, 5.74) is 0. The number of halogens is 9. The van der Waals surface area contributed by atoms with Crippen molar-refractivity contribution in [3.63, 3.8) is 0 Å². The van der Waals surface area contributed by atoms with E-state index < -0.39 is 45.2 Å². The van der Waals surface area contributed by atoms with Crippen molar-refractivity contribution < 1.29 is 67.1 Å². The fourth-order valence-electron chi connectivity index (χ4n) is 1.18. The van der Waals surface area contributed by atoms with Crippen molar-refractivity contribution in [2.24, 2.45) is 0 Å². The van der Waals surface area contributed by atoms with Gasteiger partial charge in [0.05, 0.1) is 12.7 Å². The molecule has 1 heterocycles. The first-order valence-corrected chi connectivity index (χ1v) is 7.11. The monoisotopic (exact) mass is 402 g/mol. The first-order valence-electron chi connectivity index (χ1n) is 5.65. The van der Waals surface area contributed by atoms with Crippen LogP contribution in [0.1, 0.15) is 6.92 Å². The highest BCUT2D eigenvalue weighted by molar-refractivity contribution is 7.48. The van der Waals surface area contributed by atoms with Crippen LogP contribution in [-0.4, -0.2) is 44.0 Å². The van der Waals surface area contributed by atoms with Gasteiger partial charge in [0.25, 0.3) is 0 Å². The maximum atomic E-state index is 13.1. The van der Waals surface area contributed by atoms with Crippen molar-refractivity contribution >= 4 is 7.82 Å². The van der Waals surface area contributed by atoms with Gasteiger partial charge < -0.3 is 0 Å².